The minimum absolute atomic E-state index is 0.00828. The second-order valence-electron chi connectivity index (χ2n) is 12.9. The number of carbonyl (C=O) groups is 1. The van der Waals surface area contributed by atoms with Crippen LogP contribution in [0.2, 0.25) is 0 Å². The molecule has 0 amide bonds. The van der Waals surface area contributed by atoms with Gasteiger partial charge in [0.25, 0.3) is 0 Å². The van der Waals surface area contributed by atoms with Crippen LogP contribution in [0.4, 0.5) is 13.2 Å². The zero-order chi connectivity index (χ0) is 34.1. The summed E-state index contributed by atoms with van der Waals surface area (Å²) in [4.78, 5) is 28.1. The molecule has 0 radical (unpaired) electrons. The number of carbonyl (C=O) groups excluding carboxylic acids is 1. The van der Waals surface area contributed by atoms with Gasteiger partial charge in [-0.25, -0.2) is 14.0 Å². The van der Waals surface area contributed by atoms with E-state index in [0.29, 0.717) is 28.9 Å². The van der Waals surface area contributed by atoms with E-state index < -0.39 is 23.3 Å². The van der Waals surface area contributed by atoms with Gasteiger partial charge in [0, 0.05) is 6.04 Å². The first-order chi connectivity index (χ1) is 22.3. The van der Waals surface area contributed by atoms with Crippen LogP contribution < -0.4 is 11.0 Å². The molecule has 1 saturated carbocycles. The Labute approximate surface area is 272 Å². The monoisotopic (exact) mass is 648 g/mol. The fraction of sp³-hybridized carbons (Fsp3) is 0.429. The third-order valence-corrected chi connectivity index (χ3v) is 9.92. The van der Waals surface area contributed by atoms with Gasteiger partial charge in [-0.2, -0.15) is 23.5 Å². The van der Waals surface area contributed by atoms with Crippen LogP contribution in [0.15, 0.2) is 65.6 Å². The molecule has 2 heterocycles. The van der Waals surface area contributed by atoms with E-state index in [-0.39, 0.29) is 29.7 Å². The van der Waals surface area contributed by atoms with Crippen molar-refractivity contribution in [1.82, 2.24) is 24.2 Å². The van der Waals surface area contributed by atoms with E-state index in [1.165, 1.54) is 23.0 Å². The van der Waals surface area contributed by atoms with Gasteiger partial charge in [0.1, 0.15) is 0 Å². The van der Waals surface area contributed by atoms with Gasteiger partial charge < -0.3 is 9.80 Å². The largest absolute Gasteiger partial charge is 0.416 e. The van der Waals surface area contributed by atoms with Crippen LogP contribution in [-0.4, -0.2) is 68.6 Å². The molecule has 0 spiro atoms. The number of alkyl halides is 3. The third-order valence-electron chi connectivity index (χ3n) is 9.92. The molecule has 47 heavy (non-hydrogen) atoms. The molecule has 0 bridgehead atoms. The summed E-state index contributed by atoms with van der Waals surface area (Å²) in [6, 6.07) is 15.5. The number of nitriles is 1. The minimum atomic E-state index is -4.62. The number of benzene rings is 2. The number of quaternary nitrogens is 1. The fourth-order valence-electron chi connectivity index (χ4n) is 6.68. The molecule has 2 aromatic carbocycles. The van der Waals surface area contributed by atoms with Crippen molar-refractivity contribution in [3.63, 3.8) is 0 Å². The van der Waals surface area contributed by atoms with Gasteiger partial charge >= 0.3 is 11.9 Å². The Hall–Kier alpha value is -4.47. The van der Waals surface area contributed by atoms with Crippen LogP contribution in [0, 0.1) is 24.2 Å². The zero-order valence-electron chi connectivity index (χ0n) is 27.4. The Bertz CT molecular complexity index is 1840. The molecule has 2 aromatic heterocycles. The predicted octanol–water partition coefficient (Wildman–Crippen LogP) is 5.96. The van der Waals surface area contributed by atoms with Crippen molar-refractivity contribution in [2.24, 2.45) is 5.92 Å². The molecule has 1 atom stereocenters. The summed E-state index contributed by atoms with van der Waals surface area (Å²) in [5, 5.41) is 17.0. The molecule has 5 rings (SSSR count). The van der Waals surface area contributed by atoms with E-state index >= 15 is 0 Å². The third kappa shape index (κ3) is 6.82. The molecular formula is C35H41F3N7O2+. The van der Waals surface area contributed by atoms with E-state index in [1.54, 1.807) is 37.3 Å². The number of hydrogen-bond acceptors (Lipinski definition) is 5. The Morgan fingerprint density at radius 2 is 1.77 bits per heavy atom. The lowest BCUT2D eigenvalue weighted by atomic mass is 9.81. The Balaban J connectivity index is 1.51. The fourth-order valence-corrected chi connectivity index (χ4v) is 6.68. The Morgan fingerprint density at radius 3 is 2.38 bits per heavy atom. The lowest BCUT2D eigenvalue weighted by Gasteiger charge is -2.42. The van der Waals surface area contributed by atoms with Crippen LogP contribution in [-0.2, 0) is 6.18 Å². The highest BCUT2D eigenvalue weighted by molar-refractivity contribution is 5.86. The van der Waals surface area contributed by atoms with Gasteiger partial charge in [-0.3, -0.25) is 9.36 Å². The first-order valence-electron chi connectivity index (χ1n) is 15.9. The average Bonchev–Trinajstić information content (AvgIpc) is 3.64. The van der Waals surface area contributed by atoms with Crippen LogP contribution in [0.1, 0.15) is 61.1 Å². The van der Waals surface area contributed by atoms with E-state index in [0.717, 1.165) is 58.0 Å². The number of imidazole rings is 1. The topological polar surface area (TPSA) is 97.6 Å². The van der Waals surface area contributed by atoms with Gasteiger partial charge in [-0.1, -0.05) is 6.07 Å². The first-order valence-corrected chi connectivity index (χ1v) is 15.9. The number of nitrogens with zero attached hydrogens (tertiary/aromatic N) is 6. The van der Waals surface area contributed by atoms with Crippen LogP contribution in [0.25, 0.3) is 22.8 Å². The molecule has 1 aliphatic rings. The van der Waals surface area contributed by atoms with Gasteiger partial charge in [0.15, 0.2) is 0 Å². The summed E-state index contributed by atoms with van der Waals surface area (Å²) in [5.41, 5.74) is 0.226. The Kier molecular flexibility index (Phi) is 9.61. The summed E-state index contributed by atoms with van der Waals surface area (Å²) in [7, 11) is 4.53. The number of aromatic nitrogens is 4. The van der Waals surface area contributed by atoms with Crippen molar-refractivity contribution < 1.29 is 22.4 Å². The van der Waals surface area contributed by atoms with E-state index in [2.05, 4.69) is 44.4 Å². The molecule has 1 aliphatic carbocycles. The molecule has 248 valence electrons. The highest BCUT2D eigenvalue weighted by Gasteiger charge is 2.35. The average molecular weight is 649 g/mol. The molecule has 0 aliphatic heterocycles. The zero-order valence-corrected chi connectivity index (χ0v) is 27.4. The van der Waals surface area contributed by atoms with Crippen LogP contribution in [0.3, 0.4) is 0 Å². The second-order valence-corrected chi connectivity index (χ2v) is 12.9. The molecule has 0 unspecified atom stereocenters. The van der Waals surface area contributed by atoms with Gasteiger partial charge in [-0.05, 0) is 101 Å². The molecule has 1 fully saturated rings. The standard InChI is InChI=1S/C35H41F3N7O2/c1-6-45(4,5)30-16-12-26(13-17-30)23(2)40-22-32(46)43-33(31-18-19-41-44(31)28-14-10-25(21-39)11-15-28)24(3)42(34(43)47)29-9-7-8-27(20-29)35(36,37)38/h7-11,14-15,18-20,23,26,30,40H,6,12-13,16-17,22H2,1-5H3/q+1/t23-,26-,30+/m1/s1. The van der Waals surface area contributed by atoms with Crippen molar-refractivity contribution in [2.75, 3.05) is 27.2 Å². The molecule has 4 aromatic rings. The summed E-state index contributed by atoms with van der Waals surface area (Å²) < 4.78 is 45.7. The predicted molar refractivity (Wildman–Crippen MR) is 174 cm³/mol. The van der Waals surface area contributed by atoms with E-state index in [9.17, 15) is 28.0 Å². The van der Waals surface area contributed by atoms with Gasteiger partial charge in [0.2, 0.25) is 5.91 Å². The molecule has 9 nitrogen and oxygen atoms in total. The SMILES string of the molecule is CC[N+](C)(C)[C@H]1CC[C@@H]([C@@H](C)NCC(=O)n2c(-c3ccnn3-c3ccc(C#N)cc3)c(C)n(-c3cccc(C(F)(F)F)c3)c2=O)CC1. The van der Waals surface area contributed by atoms with Gasteiger partial charge in [-0.15, -0.1) is 0 Å². The molecule has 0 saturated heterocycles. The van der Waals surface area contributed by atoms with Crippen molar-refractivity contribution in [3.8, 4) is 28.8 Å². The first kappa shape index (κ1) is 33.9. The summed E-state index contributed by atoms with van der Waals surface area (Å²) >= 11 is 0. The van der Waals surface area contributed by atoms with Crippen LogP contribution in [0.5, 0.6) is 0 Å². The maximum absolute atomic E-state index is 14.1. The van der Waals surface area contributed by atoms with Gasteiger partial charge in [0.05, 0.1) is 85.1 Å². The lowest BCUT2D eigenvalue weighted by molar-refractivity contribution is -0.914. The van der Waals surface area contributed by atoms with E-state index in [1.807, 2.05) is 0 Å². The summed E-state index contributed by atoms with van der Waals surface area (Å²) in [6.45, 7) is 6.79. The molecule has 1 N–H and O–H groups in total. The highest BCUT2D eigenvalue weighted by atomic mass is 19.4. The summed E-state index contributed by atoms with van der Waals surface area (Å²) in [6.07, 6.45) is 1.18. The smallest absolute Gasteiger partial charge is 0.326 e. The minimum Gasteiger partial charge on any atom is -0.326 e. The summed E-state index contributed by atoms with van der Waals surface area (Å²) in [5.74, 6) is -0.155. The maximum Gasteiger partial charge on any atom is 0.416 e. The van der Waals surface area contributed by atoms with Crippen LogP contribution >= 0.6 is 0 Å². The number of halogens is 3. The quantitative estimate of drug-likeness (QED) is 0.226. The van der Waals surface area contributed by atoms with Crippen molar-refractivity contribution in [3.05, 3.63) is 88.1 Å². The van der Waals surface area contributed by atoms with E-state index in [4.69, 9.17) is 0 Å². The molecular weight excluding hydrogens is 607 g/mol. The molecule has 12 heteroatoms. The normalized spacial score (nSPS) is 17.8. The number of rotatable bonds is 9. The van der Waals surface area contributed by atoms with Crippen molar-refractivity contribution in [1.29, 1.82) is 5.26 Å². The number of hydrogen-bond donors (Lipinski definition) is 1. The lowest BCUT2D eigenvalue weighted by Crippen LogP contribution is -2.51. The van der Waals surface area contributed by atoms with Crippen molar-refractivity contribution >= 4 is 5.91 Å². The highest BCUT2D eigenvalue weighted by Crippen LogP contribution is 2.33. The number of nitrogens with one attached hydrogen (secondary N) is 1. The Morgan fingerprint density at radius 1 is 1.09 bits per heavy atom. The second kappa shape index (κ2) is 13.3. The maximum atomic E-state index is 14.1. The van der Waals surface area contributed by atoms with Crippen molar-refractivity contribution in [2.45, 2.75) is 64.7 Å².